The van der Waals surface area contributed by atoms with Crippen LogP contribution in [0.3, 0.4) is 0 Å². The summed E-state index contributed by atoms with van der Waals surface area (Å²) in [6.07, 6.45) is 0. The zero-order chi connectivity index (χ0) is 19.0. The predicted octanol–water partition coefficient (Wildman–Crippen LogP) is 1.93. The third-order valence-electron chi connectivity index (χ3n) is 4.58. The van der Waals surface area contributed by atoms with Gasteiger partial charge in [0.2, 0.25) is 5.91 Å². The molecule has 8 heteroatoms. The maximum absolute atomic E-state index is 12.9. The highest BCUT2D eigenvalue weighted by Crippen LogP contribution is 2.33. The number of nitrogens with one attached hydrogen (secondary N) is 1. The molecule has 0 aromatic heterocycles. The van der Waals surface area contributed by atoms with Crippen molar-refractivity contribution in [3.63, 3.8) is 0 Å². The zero-order valence-corrected chi connectivity index (χ0v) is 14.6. The van der Waals surface area contributed by atoms with Crippen LogP contribution < -0.4 is 10.2 Å². The summed E-state index contributed by atoms with van der Waals surface area (Å²) >= 11 is 0. The number of fused-ring (bicyclic) bond motifs is 1. The van der Waals surface area contributed by atoms with Crippen LogP contribution in [0.2, 0.25) is 0 Å². The van der Waals surface area contributed by atoms with E-state index in [-0.39, 0.29) is 12.5 Å². The van der Waals surface area contributed by atoms with Gasteiger partial charge in [-0.2, -0.15) is 5.11 Å². The van der Waals surface area contributed by atoms with E-state index >= 15 is 0 Å². The molecule has 4 rings (SSSR count). The van der Waals surface area contributed by atoms with E-state index in [9.17, 15) is 14.4 Å². The first-order valence-electron chi connectivity index (χ1n) is 8.52. The van der Waals surface area contributed by atoms with Gasteiger partial charge in [0.25, 0.3) is 11.8 Å². The molecule has 0 bridgehead atoms. The number of carbonyl (C=O) groups is 3. The molecular weight excluding hydrogens is 346 g/mol. The van der Waals surface area contributed by atoms with Crippen molar-refractivity contribution in [1.29, 1.82) is 0 Å². The number of rotatable bonds is 4. The molecule has 1 saturated heterocycles. The van der Waals surface area contributed by atoms with Crippen LogP contribution in [-0.4, -0.2) is 41.4 Å². The molecule has 2 aromatic carbocycles. The Morgan fingerprint density at radius 2 is 1.74 bits per heavy atom. The fraction of sp³-hybridized carbons (Fsp3) is 0.211. The number of amides is 3. The van der Waals surface area contributed by atoms with Crippen molar-refractivity contribution >= 4 is 29.1 Å². The molecule has 136 valence electrons. The molecule has 8 nitrogen and oxygen atoms in total. The van der Waals surface area contributed by atoms with E-state index in [1.165, 1.54) is 5.01 Å². The molecule has 0 radical (unpaired) electrons. The zero-order valence-electron chi connectivity index (χ0n) is 14.6. The van der Waals surface area contributed by atoms with Crippen molar-refractivity contribution < 1.29 is 14.4 Å². The number of carbonyl (C=O) groups excluding carboxylic acids is 3. The second-order valence-electron chi connectivity index (χ2n) is 6.40. The molecule has 0 spiro atoms. The van der Waals surface area contributed by atoms with Crippen LogP contribution in [0.1, 0.15) is 5.56 Å². The second-order valence-corrected chi connectivity index (χ2v) is 6.40. The SMILES string of the molecule is Cc1ccccc1N1C(=O)C2N=NN(CC(=O)Nc3ccccc3)C2C1=O. The van der Waals surface area contributed by atoms with E-state index < -0.39 is 23.9 Å². The summed E-state index contributed by atoms with van der Waals surface area (Å²) < 4.78 is 0. The summed E-state index contributed by atoms with van der Waals surface area (Å²) in [5.74, 6) is -1.18. The summed E-state index contributed by atoms with van der Waals surface area (Å²) in [7, 11) is 0. The predicted molar refractivity (Wildman–Crippen MR) is 97.9 cm³/mol. The number of benzene rings is 2. The minimum Gasteiger partial charge on any atom is -0.324 e. The lowest BCUT2D eigenvalue weighted by Gasteiger charge is -2.21. The molecule has 2 unspecified atom stereocenters. The molecule has 2 aliphatic rings. The van der Waals surface area contributed by atoms with Gasteiger partial charge in [0.05, 0.1) is 5.69 Å². The lowest BCUT2D eigenvalue weighted by Crippen LogP contribution is -2.43. The maximum Gasteiger partial charge on any atom is 0.263 e. The smallest absolute Gasteiger partial charge is 0.263 e. The van der Waals surface area contributed by atoms with Crippen molar-refractivity contribution in [2.45, 2.75) is 19.0 Å². The molecule has 2 atom stereocenters. The van der Waals surface area contributed by atoms with Gasteiger partial charge in [0.15, 0.2) is 12.1 Å². The van der Waals surface area contributed by atoms with Crippen LogP contribution >= 0.6 is 0 Å². The van der Waals surface area contributed by atoms with Crippen molar-refractivity contribution in [2.24, 2.45) is 10.3 Å². The Labute approximate surface area is 155 Å². The Kier molecular flexibility index (Phi) is 4.15. The lowest BCUT2D eigenvalue weighted by atomic mass is 10.1. The van der Waals surface area contributed by atoms with Gasteiger partial charge in [-0.1, -0.05) is 41.6 Å². The molecule has 2 aromatic rings. The summed E-state index contributed by atoms with van der Waals surface area (Å²) in [5, 5.41) is 11.8. The summed E-state index contributed by atoms with van der Waals surface area (Å²) in [5.41, 5.74) is 1.99. The Bertz CT molecular complexity index is 943. The molecule has 3 amide bonds. The van der Waals surface area contributed by atoms with Gasteiger partial charge < -0.3 is 5.32 Å². The summed E-state index contributed by atoms with van der Waals surface area (Å²) in [4.78, 5) is 39.0. The molecule has 0 aliphatic carbocycles. The van der Waals surface area contributed by atoms with Crippen molar-refractivity contribution in [3.05, 3.63) is 60.2 Å². The average molecular weight is 363 g/mol. The Hall–Kier alpha value is -3.55. The monoisotopic (exact) mass is 363 g/mol. The van der Waals surface area contributed by atoms with Crippen molar-refractivity contribution in [3.8, 4) is 0 Å². The number of anilines is 2. The third-order valence-corrected chi connectivity index (χ3v) is 4.58. The minimum absolute atomic E-state index is 0.166. The third kappa shape index (κ3) is 2.95. The van der Waals surface area contributed by atoms with Gasteiger partial charge in [-0.25, -0.2) is 4.90 Å². The topological polar surface area (TPSA) is 94.4 Å². The van der Waals surface area contributed by atoms with Crippen LogP contribution in [0.4, 0.5) is 11.4 Å². The van der Waals surface area contributed by atoms with Gasteiger partial charge in [-0.05, 0) is 30.7 Å². The van der Waals surface area contributed by atoms with Crippen molar-refractivity contribution in [1.82, 2.24) is 5.01 Å². The van der Waals surface area contributed by atoms with E-state index in [1.807, 2.05) is 25.1 Å². The highest BCUT2D eigenvalue weighted by Gasteiger charge is 2.55. The van der Waals surface area contributed by atoms with E-state index in [4.69, 9.17) is 0 Å². The molecule has 27 heavy (non-hydrogen) atoms. The van der Waals surface area contributed by atoms with Gasteiger partial charge in [-0.15, -0.1) is 0 Å². The van der Waals surface area contributed by atoms with Crippen LogP contribution in [0.5, 0.6) is 0 Å². The fourth-order valence-corrected chi connectivity index (χ4v) is 3.27. The first-order chi connectivity index (χ1) is 13.1. The number of nitrogens with zero attached hydrogens (tertiary/aromatic N) is 4. The minimum atomic E-state index is -0.915. The number of hydrogen-bond donors (Lipinski definition) is 1. The van der Waals surface area contributed by atoms with Crippen molar-refractivity contribution in [2.75, 3.05) is 16.8 Å². The Morgan fingerprint density at radius 1 is 1.04 bits per heavy atom. The van der Waals surface area contributed by atoms with E-state index in [2.05, 4.69) is 15.7 Å². The van der Waals surface area contributed by atoms with Gasteiger partial charge >= 0.3 is 0 Å². The quantitative estimate of drug-likeness (QED) is 0.840. The number of aryl methyl sites for hydroxylation is 1. The molecular formula is C19H17N5O3. The van der Waals surface area contributed by atoms with Gasteiger partial charge in [0, 0.05) is 5.69 Å². The standard InChI is InChI=1S/C19H17N5O3/c1-12-7-5-6-10-14(12)24-18(26)16-17(19(24)27)23(22-21-16)11-15(25)20-13-8-3-2-4-9-13/h2-10,16-17H,11H2,1H3,(H,20,25). The fourth-order valence-electron chi connectivity index (χ4n) is 3.27. The summed E-state index contributed by atoms with van der Waals surface area (Å²) in [6.45, 7) is 1.66. The van der Waals surface area contributed by atoms with Crippen LogP contribution in [0.15, 0.2) is 64.9 Å². The van der Waals surface area contributed by atoms with Crippen LogP contribution in [-0.2, 0) is 14.4 Å². The second kappa shape index (κ2) is 6.64. The largest absolute Gasteiger partial charge is 0.324 e. The number of para-hydroxylation sites is 2. The number of imide groups is 1. The molecule has 1 fully saturated rings. The average Bonchev–Trinajstić information content (AvgIpc) is 3.17. The molecule has 2 heterocycles. The molecule has 2 aliphatic heterocycles. The van der Waals surface area contributed by atoms with E-state index in [0.717, 1.165) is 10.5 Å². The Balaban J connectivity index is 1.51. The molecule has 0 saturated carbocycles. The number of hydrogen-bond acceptors (Lipinski definition) is 6. The Morgan fingerprint density at radius 3 is 2.48 bits per heavy atom. The van der Waals surface area contributed by atoms with Gasteiger partial charge in [-0.3, -0.25) is 19.4 Å². The van der Waals surface area contributed by atoms with E-state index in [1.54, 1.807) is 36.4 Å². The lowest BCUT2D eigenvalue weighted by molar-refractivity contribution is -0.123. The normalized spacial score (nSPS) is 20.9. The molecule has 1 N–H and O–H groups in total. The van der Waals surface area contributed by atoms with E-state index in [0.29, 0.717) is 11.4 Å². The highest BCUT2D eigenvalue weighted by atomic mass is 16.2. The first kappa shape index (κ1) is 16.9. The summed E-state index contributed by atoms with van der Waals surface area (Å²) in [6, 6.07) is 14.3. The maximum atomic E-state index is 12.9. The first-order valence-corrected chi connectivity index (χ1v) is 8.52. The van der Waals surface area contributed by atoms with Gasteiger partial charge in [0.1, 0.15) is 6.54 Å². The van der Waals surface area contributed by atoms with Crippen LogP contribution in [0, 0.1) is 6.92 Å². The highest BCUT2D eigenvalue weighted by molar-refractivity contribution is 6.25. The van der Waals surface area contributed by atoms with Crippen LogP contribution in [0.25, 0.3) is 0 Å².